The fourth-order valence-electron chi connectivity index (χ4n) is 3.37. The third-order valence-electron chi connectivity index (χ3n) is 4.87. The Hall–Kier alpha value is -3.86. The van der Waals surface area contributed by atoms with Gasteiger partial charge < -0.3 is 9.73 Å². The SMILES string of the molecule is Cc1nn(-c2ccccc2)c(CN2C(=O)N[C@@](C)(c3ccco3)C2=O)c1C#N. The van der Waals surface area contributed by atoms with Crippen LogP contribution in [0.4, 0.5) is 4.79 Å². The summed E-state index contributed by atoms with van der Waals surface area (Å²) >= 11 is 0. The van der Waals surface area contributed by atoms with Crippen LogP contribution in [0.15, 0.2) is 53.1 Å². The maximum Gasteiger partial charge on any atom is 0.325 e. The zero-order valence-corrected chi connectivity index (χ0v) is 15.3. The van der Waals surface area contributed by atoms with Crippen LogP contribution in [0.1, 0.15) is 29.6 Å². The van der Waals surface area contributed by atoms with Gasteiger partial charge in [0.05, 0.1) is 35.4 Å². The number of nitriles is 1. The van der Waals surface area contributed by atoms with E-state index >= 15 is 0 Å². The number of aromatic nitrogens is 2. The summed E-state index contributed by atoms with van der Waals surface area (Å²) in [5.41, 5.74) is 0.791. The molecule has 1 N–H and O–H groups in total. The molecule has 28 heavy (non-hydrogen) atoms. The summed E-state index contributed by atoms with van der Waals surface area (Å²) in [6, 6.07) is 14.1. The van der Waals surface area contributed by atoms with E-state index in [0.29, 0.717) is 22.7 Å². The molecule has 0 bridgehead atoms. The second kappa shape index (κ2) is 6.39. The molecule has 1 aromatic carbocycles. The number of para-hydroxylation sites is 1. The number of urea groups is 1. The molecule has 3 aromatic rings. The van der Waals surface area contributed by atoms with Crippen LogP contribution in [0.5, 0.6) is 0 Å². The van der Waals surface area contributed by atoms with Gasteiger partial charge >= 0.3 is 6.03 Å². The minimum Gasteiger partial charge on any atom is -0.466 e. The highest BCUT2D eigenvalue weighted by atomic mass is 16.3. The van der Waals surface area contributed by atoms with Gasteiger partial charge in [-0.2, -0.15) is 10.4 Å². The lowest BCUT2D eigenvalue weighted by molar-refractivity contribution is -0.132. The van der Waals surface area contributed by atoms with Crippen LogP contribution < -0.4 is 5.32 Å². The van der Waals surface area contributed by atoms with Gasteiger partial charge in [-0.3, -0.25) is 9.69 Å². The molecule has 0 spiro atoms. The van der Waals surface area contributed by atoms with Crippen LogP contribution in [-0.4, -0.2) is 26.6 Å². The van der Waals surface area contributed by atoms with Crippen LogP contribution >= 0.6 is 0 Å². The van der Waals surface area contributed by atoms with Gasteiger partial charge in [-0.15, -0.1) is 0 Å². The summed E-state index contributed by atoms with van der Waals surface area (Å²) in [5, 5.41) is 16.7. The molecule has 3 heterocycles. The van der Waals surface area contributed by atoms with E-state index in [1.807, 2.05) is 30.3 Å². The van der Waals surface area contributed by atoms with Crippen molar-refractivity contribution in [2.75, 3.05) is 0 Å². The number of nitrogens with one attached hydrogen (secondary N) is 1. The molecule has 1 aliphatic rings. The van der Waals surface area contributed by atoms with E-state index in [1.165, 1.54) is 6.26 Å². The number of aryl methyl sites for hydroxylation is 1. The first kappa shape index (κ1) is 17.5. The molecule has 4 rings (SSSR count). The van der Waals surface area contributed by atoms with Crippen LogP contribution in [0.25, 0.3) is 5.69 Å². The van der Waals surface area contributed by atoms with Gasteiger partial charge in [0.1, 0.15) is 11.8 Å². The fourth-order valence-corrected chi connectivity index (χ4v) is 3.37. The normalized spacial score (nSPS) is 19.0. The summed E-state index contributed by atoms with van der Waals surface area (Å²) in [4.78, 5) is 26.7. The van der Waals surface area contributed by atoms with Crippen molar-refractivity contribution in [2.45, 2.75) is 25.9 Å². The molecule has 0 saturated carbocycles. The number of nitrogens with zero attached hydrogens (tertiary/aromatic N) is 4. The first-order chi connectivity index (χ1) is 13.5. The zero-order valence-electron chi connectivity index (χ0n) is 15.3. The monoisotopic (exact) mass is 375 g/mol. The van der Waals surface area contributed by atoms with Crippen LogP contribution in [0, 0.1) is 18.3 Å². The van der Waals surface area contributed by atoms with Gasteiger partial charge in [-0.25, -0.2) is 9.48 Å². The summed E-state index contributed by atoms with van der Waals surface area (Å²) in [5.74, 6) is -0.101. The van der Waals surface area contributed by atoms with E-state index in [-0.39, 0.29) is 6.54 Å². The van der Waals surface area contributed by atoms with Gasteiger partial charge in [0.25, 0.3) is 5.91 Å². The van der Waals surface area contributed by atoms with Crippen LogP contribution in [-0.2, 0) is 16.9 Å². The number of amides is 3. The Kier molecular flexibility index (Phi) is 4.00. The third kappa shape index (κ3) is 2.56. The van der Waals surface area contributed by atoms with Crippen molar-refractivity contribution in [3.8, 4) is 11.8 Å². The molecular formula is C20H17N5O3. The first-order valence-electron chi connectivity index (χ1n) is 8.68. The van der Waals surface area contributed by atoms with E-state index in [9.17, 15) is 14.9 Å². The topological polar surface area (TPSA) is 104 Å². The van der Waals surface area contributed by atoms with Crippen LogP contribution in [0.2, 0.25) is 0 Å². The van der Waals surface area contributed by atoms with Crippen LogP contribution in [0.3, 0.4) is 0 Å². The number of hydrogen-bond acceptors (Lipinski definition) is 5. The van der Waals surface area contributed by atoms with Gasteiger partial charge in [0.15, 0.2) is 5.54 Å². The molecule has 140 valence electrons. The Morgan fingerprint density at radius 2 is 1.96 bits per heavy atom. The lowest BCUT2D eigenvalue weighted by Crippen LogP contribution is -2.40. The molecule has 0 aliphatic carbocycles. The van der Waals surface area contributed by atoms with Gasteiger partial charge in [-0.05, 0) is 38.1 Å². The molecule has 0 unspecified atom stereocenters. The molecule has 2 aromatic heterocycles. The average Bonchev–Trinajstić information content (AvgIpc) is 3.38. The quantitative estimate of drug-likeness (QED) is 0.706. The molecule has 0 radical (unpaired) electrons. The standard InChI is InChI=1S/C20H17N5O3/c1-13-15(11-21)16(25(23-13)14-7-4-3-5-8-14)12-24-18(26)20(2,22-19(24)27)17-9-6-10-28-17/h3-10H,12H2,1-2H3,(H,22,27)/t20-/m0/s1. The Bertz CT molecular complexity index is 1100. The van der Waals surface area contributed by atoms with Crippen molar-refractivity contribution in [1.29, 1.82) is 5.26 Å². The van der Waals surface area contributed by atoms with Crippen molar-refractivity contribution in [3.05, 3.63) is 71.4 Å². The van der Waals surface area contributed by atoms with E-state index in [1.54, 1.807) is 30.7 Å². The summed E-state index contributed by atoms with van der Waals surface area (Å²) in [7, 11) is 0. The number of rotatable bonds is 4. The Morgan fingerprint density at radius 3 is 2.61 bits per heavy atom. The number of carbonyl (C=O) groups is 2. The molecule has 1 atom stereocenters. The summed E-state index contributed by atoms with van der Waals surface area (Å²) in [6.45, 7) is 3.23. The number of imide groups is 1. The number of carbonyl (C=O) groups excluding carboxylic acids is 2. The second-order valence-electron chi connectivity index (χ2n) is 6.69. The minimum atomic E-state index is -1.29. The second-order valence-corrected chi connectivity index (χ2v) is 6.69. The third-order valence-corrected chi connectivity index (χ3v) is 4.87. The van der Waals surface area contributed by atoms with E-state index in [4.69, 9.17) is 4.42 Å². The first-order valence-corrected chi connectivity index (χ1v) is 8.68. The van der Waals surface area contributed by atoms with Crippen molar-refractivity contribution >= 4 is 11.9 Å². The van der Waals surface area contributed by atoms with Crippen molar-refractivity contribution in [2.24, 2.45) is 0 Å². The largest absolute Gasteiger partial charge is 0.466 e. The molecular weight excluding hydrogens is 358 g/mol. The number of hydrogen-bond donors (Lipinski definition) is 1. The Labute approximate surface area is 161 Å². The van der Waals surface area contributed by atoms with E-state index in [2.05, 4.69) is 16.5 Å². The zero-order chi connectivity index (χ0) is 19.9. The molecule has 1 fully saturated rings. The molecule has 8 heteroatoms. The molecule has 3 amide bonds. The smallest absolute Gasteiger partial charge is 0.325 e. The predicted octanol–water partition coefficient (Wildman–Crippen LogP) is 2.61. The molecule has 1 saturated heterocycles. The van der Waals surface area contributed by atoms with Gasteiger partial charge in [0, 0.05) is 0 Å². The van der Waals surface area contributed by atoms with Crippen molar-refractivity contribution in [1.82, 2.24) is 20.0 Å². The molecule has 8 nitrogen and oxygen atoms in total. The lowest BCUT2D eigenvalue weighted by Gasteiger charge is -2.19. The fraction of sp³-hybridized carbons (Fsp3) is 0.200. The van der Waals surface area contributed by atoms with E-state index < -0.39 is 17.5 Å². The maximum absolute atomic E-state index is 13.1. The van der Waals surface area contributed by atoms with Gasteiger partial charge in [0.2, 0.25) is 0 Å². The Morgan fingerprint density at radius 1 is 1.21 bits per heavy atom. The van der Waals surface area contributed by atoms with Crippen molar-refractivity contribution in [3.63, 3.8) is 0 Å². The molecule has 1 aliphatic heterocycles. The highest BCUT2D eigenvalue weighted by Gasteiger charge is 2.51. The average molecular weight is 375 g/mol. The Balaban J connectivity index is 1.75. The highest BCUT2D eigenvalue weighted by Crippen LogP contribution is 2.31. The minimum absolute atomic E-state index is 0.0837. The number of furan rings is 1. The summed E-state index contributed by atoms with van der Waals surface area (Å²) < 4.78 is 6.94. The van der Waals surface area contributed by atoms with Crippen molar-refractivity contribution < 1.29 is 14.0 Å². The summed E-state index contributed by atoms with van der Waals surface area (Å²) in [6.07, 6.45) is 1.45. The predicted molar refractivity (Wildman–Crippen MR) is 98.2 cm³/mol. The maximum atomic E-state index is 13.1. The van der Waals surface area contributed by atoms with E-state index in [0.717, 1.165) is 10.6 Å². The van der Waals surface area contributed by atoms with Gasteiger partial charge in [-0.1, -0.05) is 18.2 Å². The lowest BCUT2D eigenvalue weighted by atomic mass is 9.99. The highest BCUT2D eigenvalue weighted by molar-refractivity contribution is 6.06. The number of benzene rings is 1.